The Labute approximate surface area is 120 Å². The first-order valence-electron chi connectivity index (χ1n) is 6.53. The van der Waals surface area contributed by atoms with Crippen LogP contribution in [0.4, 0.5) is 0 Å². The van der Waals surface area contributed by atoms with Crippen molar-refractivity contribution in [2.24, 2.45) is 0 Å². The maximum atomic E-state index is 5.61. The maximum Gasteiger partial charge on any atom is 0.247 e. The number of aryl methyl sites for hydroxylation is 1. The summed E-state index contributed by atoms with van der Waals surface area (Å²) in [5.74, 6) is 1.06. The van der Waals surface area contributed by atoms with Gasteiger partial charge in [0.1, 0.15) is 5.58 Å². The van der Waals surface area contributed by atoms with Crippen LogP contribution in [0, 0.1) is 6.92 Å². The van der Waals surface area contributed by atoms with Crippen LogP contribution in [0.2, 0.25) is 0 Å². The summed E-state index contributed by atoms with van der Waals surface area (Å²) in [6, 6.07) is 9.73. The normalized spacial score (nSPS) is 11.1. The van der Waals surface area contributed by atoms with Crippen LogP contribution in [0.5, 0.6) is 0 Å². The molecule has 5 nitrogen and oxygen atoms in total. The molecule has 102 valence electrons. The lowest BCUT2D eigenvalue weighted by molar-refractivity contribution is 0.533. The average molecular weight is 277 g/mol. The summed E-state index contributed by atoms with van der Waals surface area (Å²) < 4.78 is 11.1. The van der Waals surface area contributed by atoms with Crippen molar-refractivity contribution in [3.8, 4) is 22.6 Å². The van der Waals surface area contributed by atoms with Crippen molar-refractivity contribution in [1.82, 2.24) is 15.2 Å². The van der Waals surface area contributed by atoms with Gasteiger partial charge in [0.25, 0.3) is 0 Å². The fraction of sp³-hybridized carbons (Fsp3) is 0.0625. The third kappa shape index (κ3) is 1.99. The largest absolute Gasteiger partial charge is 0.464 e. The van der Waals surface area contributed by atoms with E-state index in [1.165, 1.54) is 0 Å². The summed E-state index contributed by atoms with van der Waals surface area (Å²) in [6.45, 7) is 1.77. The summed E-state index contributed by atoms with van der Waals surface area (Å²) in [6.07, 6.45) is 5.28. The number of fused-ring (bicyclic) bond motifs is 1. The first-order valence-corrected chi connectivity index (χ1v) is 6.53. The monoisotopic (exact) mass is 277 g/mol. The molecule has 3 heterocycles. The molecule has 4 rings (SSSR count). The van der Waals surface area contributed by atoms with Gasteiger partial charge in [0, 0.05) is 35.8 Å². The third-order valence-corrected chi connectivity index (χ3v) is 3.34. The number of pyridine rings is 1. The van der Waals surface area contributed by atoms with Crippen LogP contribution in [-0.2, 0) is 0 Å². The van der Waals surface area contributed by atoms with Gasteiger partial charge in [-0.1, -0.05) is 0 Å². The second kappa shape index (κ2) is 4.56. The maximum absolute atomic E-state index is 5.61. The number of rotatable bonds is 2. The van der Waals surface area contributed by atoms with E-state index < -0.39 is 0 Å². The second-order valence-corrected chi connectivity index (χ2v) is 4.72. The molecule has 0 radical (unpaired) electrons. The van der Waals surface area contributed by atoms with Gasteiger partial charge in [-0.25, -0.2) is 0 Å². The number of hydrogen-bond donors (Lipinski definition) is 0. The highest BCUT2D eigenvalue weighted by molar-refractivity contribution is 5.95. The minimum absolute atomic E-state index is 0.510. The Morgan fingerprint density at radius 3 is 2.57 bits per heavy atom. The van der Waals surface area contributed by atoms with Crippen LogP contribution in [0.3, 0.4) is 0 Å². The Bertz CT molecular complexity index is 910. The van der Waals surface area contributed by atoms with Crippen molar-refractivity contribution in [2.45, 2.75) is 6.92 Å². The van der Waals surface area contributed by atoms with Gasteiger partial charge >= 0.3 is 0 Å². The molecule has 0 saturated carbocycles. The van der Waals surface area contributed by atoms with Gasteiger partial charge in [-0.2, -0.15) is 0 Å². The van der Waals surface area contributed by atoms with E-state index in [4.69, 9.17) is 8.83 Å². The molecule has 1 aromatic carbocycles. The molecule has 0 aliphatic rings. The lowest BCUT2D eigenvalue weighted by atomic mass is 10.0. The predicted octanol–water partition coefficient (Wildman–Crippen LogP) is 3.85. The fourth-order valence-corrected chi connectivity index (χ4v) is 2.33. The number of furan rings is 1. The summed E-state index contributed by atoms with van der Waals surface area (Å²) in [5.41, 5.74) is 3.77. The Kier molecular flexibility index (Phi) is 2.57. The van der Waals surface area contributed by atoms with E-state index in [-0.39, 0.29) is 0 Å². The van der Waals surface area contributed by atoms with Crippen molar-refractivity contribution in [2.75, 3.05) is 0 Å². The van der Waals surface area contributed by atoms with Crippen LogP contribution >= 0.6 is 0 Å². The van der Waals surface area contributed by atoms with Gasteiger partial charge in [-0.3, -0.25) is 4.98 Å². The summed E-state index contributed by atoms with van der Waals surface area (Å²) in [4.78, 5) is 4.04. The van der Waals surface area contributed by atoms with Crippen molar-refractivity contribution >= 4 is 11.0 Å². The number of hydrogen-bond acceptors (Lipinski definition) is 5. The molecular weight excluding hydrogens is 266 g/mol. The number of nitrogens with zero attached hydrogens (tertiary/aromatic N) is 3. The zero-order valence-corrected chi connectivity index (χ0v) is 11.3. The molecule has 0 aliphatic carbocycles. The average Bonchev–Trinajstić information content (AvgIpc) is 3.13. The zero-order valence-electron chi connectivity index (χ0n) is 11.3. The van der Waals surface area contributed by atoms with Gasteiger partial charge in [-0.15, -0.1) is 10.2 Å². The molecule has 0 spiro atoms. The fourth-order valence-electron chi connectivity index (χ4n) is 2.33. The third-order valence-electron chi connectivity index (χ3n) is 3.34. The number of aromatic nitrogens is 3. The standard InChI is InChI=1S/C16H11N3O2/c1-10-18-19-16(21-10)12-2-3-15-13(8-12)14(9-20-15)11-4-6-17-7-5-11/h2-9H,1H3. The molecule has 3 aromatic heterocycles. The van der Waals surface area contributed by atoms with Crippen molar-refractivity contribution in [1.29, 1.82) is 0 Å². The van der Waals surface area contributed by atoms with Crippen LogP contribution < -0.4 is 0 Å². The SMILES string of the molecule is Cc1nnc(-c2ccc3occ(-c4ccncc4)c3c2)o1. The van der Waals surface area contributed by atoms with Crippen LogP contribution in [0.15, 0.2) is 57.8 Å². The Morgan fingerprint density at radius 1 is 0.952 bits per heavy atom. The summed E-state index contributed by atoms with van der Waals surface area (Å²) in [5, 5.41) is 8.92. The molecule has 0 aliphatic heterocycles. The van der Waals surface area contributed by atoms with E-state index in [2.05, 4.69) is 15.2 Å². The smallest absolute Gasteiger partial charge is 0.247 e. The molecule has 0 atom stereocenters. The summed E-state index contributed by atoms with van der Waals surface area (Å²) >= 11 is 0. The van der Waals surface area contributed by atoms with E-state index in [9.17, 15) is 0 Å². The van der Waals surface area contributed by atoms with Gasteiger partial charge in [-0.05, 0) is 35.9 Å². The van der Waals surface area contributed by atoms with E-state index in [0.717, 1.165) is 27.7 Å². The Balaban J connectivity index is 1.90. The molecule has 0 N–H and O–H groups in total. The lowest BCUT2D eigenvalue weighted by Gasteiger charge is -1.99. The topological polar surface area (TPSA) is 65.0 Å². The first-order chi connectivity index (χ1) is 10.3. The minimum Gasteiger partial charge on any atom is -0.464 e. The highest BCUT2D eigenvalue weighted by atomic mass is 16.4. The van der Waals surface area contributed by atoms with Crippen LogP contribution in [0.25, 0.3) is 33.6 Å². The highest BCUT2D eigenvalue weighted by Crippen LogP contribution is 2.33. The highest BCUT2D eigenvalue weighted by Gasteiger charge is 2.12. The van der Waals surface area contributed by atoms with Gasteiger partial charge in [0.2, 0.25) is 11.8 Å². The van der Waals surface area contributed by atoms with E-state index in [1.54, 1.807) is 25.6 Å². The van der Waals surface area contributed by atoms with Crippen LogP contribution in [0.1, 0.15) is 5.89 Å². The van der Waals surface area contributed by atoms with Gasteiger partial charge < -0.3 is 8.83 Å². The predicted molar refractivity (Wildman–Crippen MR) is 77.5 cm³/mol. The molecule has 0 bridgehead atoms. The molecule has 0 amide bonds. The zero-order chi connectivity index (χ0) is 14.2. The summed E-state index contributed by atoms with van der Waals surface area (Å²) in [7, 11) is 0. The second-order valence-electron chi connectivity index (χ2n) is 4.72. The minimum atomic E-state index is 0.510. The molecule has 21 heavy (non-hydrogen) atoms. The van der Waals surface area contributed by atoms with Crippen molar-refractivity contribution in [3.63, 3.8) is 0 Å². The Morgan fingerprint density at radius 2 is 1.81 bits per heavy atom. The lowest BCUT2D eigenvalue weighted by Crippen LogP contribution is -1.80. The van der Waals surface area contributed by atoms with E-state index in [0.29, 0.717) is 11.8 Å². The van der Waals surface area contributed by atoms with Gasteiger partial charge in [0.15, 0.2) is 0 Å². The quantitative estimate of drug-likeness (QED) is 0.556. The van der Waals surface area contributed by atoms with E-state index in [1.807, 2.05) is 30.3 Å². The van der Waals surface area contributed by atoms with E-state index >= 15 is 0 Å². The molecule has 0 saturated heterocycles. The Hall–Kier alpha value is -2.95. The molecule has 5 heteroatoms. The van der Waals surface area contributed by atoms with Gasteiger partial charge in [0.05, 0.1) is 6.26 Å². The molecule has 0 fully saturated rings. The molecule has 4 aromatic rings. The van der Waals surface area contributed by atoms with Crippen molar-refractivity contribution < 1.29 is 8.83 Å². The number of benzene rings is 1. The first kappa shape index (κ1) is 11.8. The van der Waals surface area contributed by atoms with Crippen molar-refractivity contribution in [3.05, 3.63) is 54.9 Å². The van der Waals surface area contributed by atoms with Crippen LogP contribution in [-0.4, -0.2) is 15.2 Å². The molecular formula is C16H11N3O2. The molecule has 0 unspecified atom stereocenters.